The van der Waals surface area contributed by atoms with E-state index in [1.165, 1.54) is 0 Å². The van der Waals surface area contributed by atoms with Crippen LogP contribution in [-0.4, -0.2) is 47.0 Å². The van der Waals surface area contributed by atoms with Crippen LogP contribution in [0.15, 0.2) is 48.1 Å². The van der Waals surface area contributed by atoms with E-state index in [0.29, 0.717) is 10.6 Å². The Morgan fingerprint density at radius 1 is 1.23 bits per heavy atom. The van der Waals surface area contributed by atoms with E-state index in [1.807, 2.05) is 0 Å². The average Bonchev–Trinajstić information content (AvgIpc) is 2.98. The van der Waals surface area contributed by atoms with Gasteiger partial charge in [0.2, 0.25) is 23.6 Å². The molecule has 9 heteroatoms. The quantitative estimate of drug-likeness (QED) is 0.659. The molecule has 3 aliphatic rings. The van der Waals surface area contributed by atoms with Gasteiger partial charge in [0.15, 0.2) is 0 Å². The van der Waals surface area contributed by atoms with Gasteiger partial charge in [0.25, 0.3) is 5.91 Å². The van der Waals surface area contributed by atoms with Crippen molar-refractivity contribution >= 4 is 41.1 Å². The van der Waals surface area contributed by atoms with Crippen molar-refractivity contribution in [2.24, 2.45) is 11.8 Å². The third kappa shape index (κ3) is 4.16. The van der Waals surface area contributed by atoms with Crippen LogP contribution in [0.2, 0.25) is 5.02 Å². The van der Waals surface area contributed by atoms with Crippen LogP contribution in [0.1, 0.15) is 18.4 Å². The number of benzene rings is 1. The van der Waals surface area contributed by atoms with Crippen molar-refractivity contribution in [3.05, 3.63) is 58.7 Å². The number of amides is 5. The monoisotopic (exact) mass is 441 g/mol. The molecule has 0 radical (unpaired) electrons. The molecule has 0 bridgehead atoms. The van der Waals surface area contributed by atoms with Crippen LogP contribution in [0.3, 0.4) is 0 Å². The van der Waals surface area contributed by atoms with E-state index in [1.54, 1.807) is 42.5 Å². The van der Waals surface area contributed by atoms with Crippen LogP contribution in [0.4, 0.5) is 0 Å². The van der Waals surface area contributed by atoms with E-state index in [9.17, 15) is 24.0 Å². The highest BCUT2D eigenvalue weighted by Crippen LogP contribution is 2.37. The number of hydrogen-bond acceptors (Lipinski definition) is 5. The third-order valence-corrected chi connectivity index (χ3v) is 5.91. The second-order valence-electron chi connectivity index (χ2n) is 7.74. The van der Waals surface area contributed by atoms with Crippen LogP contribution in [0.5, 0.6) is 0 Å². The second kappa shape index (κ2) is 8.47. The van der Waals surface area contributed by atoms with Crippen LogP contribution in [0.25, 0.3) is 0 Å². The van der Waals surface area contributed by atoms with Gasteiger partial charge in [-0.05, 0) is 24.1 Å². The first-order valence-corrected chi connectivity index (χ1v) is 10.3. The number of piperidine rings is 1. The first-order valence-electron chi connectivity index (χ1n) is 9.96. The number of imide groups is 2. The number of rotatable bonds is 5. The molecular weight excluding hydrogens is 422 g/mol. The SMILES string of the molecule is O=C(Cc1cccc(Cl)c1)NCC1C=CC=C2C(=O)N(C3CCC(=O)NC3=O)C(=O)C21. The number of allylic oxidation sites excluding steroid dienone is 2. The highest BCUT2D eigenvalue weighted by Gasteiger charge is 2.51. The molecule has 160 valence electrons. The first-order chi connectivity index (χ1) is 14.8. The Labute approximate surface area is 183 Å². The van der Waals surface area contributed by atoms with E-state index >= 15 is 0 Å². The molecular formula is C22H20ClN3O5. The Bertz CT molecular complexity index is 1050. The molecule has 0 aromatic heterocycles. The summed E-state index contributed by atoms with van der Waals surface area (Å²) in [7, 11) is 0. The Balaban J connectivity index is 1.43. The van der Waals surface area contributed by atoms with Gasteiger partial charge >= 0.3 is 0 Å². The fourth-order valence-corrected chi connectivity index (χ4v) is 4.41. The average molecular weight is 442 g/mol. The molecule has 3 atom stereocenters. The van der Waals surface area contributed by atoms with Gasteiger partial charge in [-0.2, -0.15) is 0 Å². The number of likely N-dealkylation sites (tertiary alicyclic amines) is 1. The topological polar surface area (TPSA) is 113 Å². The second-order valence-corrected chi connectivity index (χ2v) is 8.18. The third-order valence-electron chi connectivity index (χ3n) is 5.68. The molecule has 1 aliphatic carbocycles. The van der Waals surface area contributed by atoms with Crippen molar-refractivity contribution in [2.45, 2.75) is 25.3 Å². The van der Waals surface area contributed by atoms with Crippen molar-refractivity contribution in [3.8, 4) is 0 Å². The van der Waals surface area contributed by atoms with Gasteiger partial charge in [-0.15, -0.1) is 0 Å². The summed E-state index contributed by atoms with van der Waals surface area (Å²) in [6, 6.07) is 5.99. The van der Waals surface area contributed by atoms with Crippen LogP contribution >= 0.6 is 11.6 Å². The summed E-state index contributed by atoms with van der Waals surface area (Å²) < 4.78 is 0. The van der Waals surface area contributed by atoms with Gasteiger partial charge < -0.3 is 5.32 Å². The van der Waals surface area contributed by atoms with E-state index in [2.05, 4.69) is 10.6 Å². The fourth-order valence-electron chi connectivity index (χ4n) is 4.19. The van der Waals surface area contributed by atoms with Crippen LogP contribution < -0.4 is 10.6 Å². The van der Waals surface area contributed by atoms with Crippen molar-refractivity contribution in [1.82, 2.24) is 15.5 Å². The van der Waals surface area contributed by atoms with Gasteiger partial charge in [-0.25, -0.2) is 0 Å². The predicted molar refractivity (Wildman–Crippen MR) is 110 cm³/mol. The maximum Gasteiger partial charge on any atom is 0.257 e. The summed E-state index contributed by atoms with van der Waals surface area (Å²) in [6.07, 6.45) is 5.33. The predicted octanol–water partition coefficient (Wildman–Crippen LogP) is 0.901. The first kappa shape index (κ1) is 21.0. The molecule has 0 saturated carbocycles. The lowest BCUT2D eigenvalue weighted by Gasteiger charge is -2.28. The van der Waals surface area contributed by atoms with Gasteiger partial charge in [0.1, 0.15) is 6.04 Å². The summed E-state index contributed by atoms with van der Waals surface area (Å²) in [4.78, 5) is 62.9. The summed E-state index contributed by atoms with van der Waals surface area (Å²) in [5.74, 6) is -3.48. The molecule has 5 amide bonds. The summed E-state index contributed by atoms with van der Waals surface area (Å²) in [5.41, 5.74) is 1.06. The van der Waals surface area contributed by atoms with Gasteiger partial charge in [0, 0.05) is 29.5 Å². The van der Waals surface area contributed by atoms with Crippen molar-refractivity contribution in [3.63, 3.8) is 0 Å². The summed E-state index contributed by atoms with van der Waals surface area (Å²) in [5, 5.41) is 5.53. The summed E-state index contributed by atoms with van der Waals surface area (Å²) >= 11 is 5.95. The zero-order chi connectivity index (χ0) is 22.1. The van der Waals surface area contributed by atoms with E-state index in [4.69, 9.17) is 11.6 Å². The highest BCUT2D eigenvalue weighted by atomic mass is 35.5. The number of hydrogen-bond donors (Lipinski definition) is 2. The smallest absolute Gasteiger partial charge is 0.257 e. The van der Waals surface area contributed by atoms with E-state index in [-0.39, 0.29) is 31.7 Å². The Kier molecular flexibility index (Phi) is 5.73. The number of nitrogens with one attached hydrogen (secondary N) is 2. The minimum Gasteiger partial charge on any atom is -0.355 e. The van der Waals surface area contributed by atoms with Crippen LogP contribution in [0, 0.1) is 11.8 Å². The Hall–Kier alpha value is -3.26. The Morgan fingerprint density at radius 2 is 2.03 bits per heavy atom. The molecule has 2 saturated heterocycles. The molecule has 2 aliphatic heterocycles. The number of nitrogens with zero attached hydrogens (tertiary/aromatic N) is 1. The Morgan fingerprint density at radius 3 is 2.77 bits per heavy atom. The lowest BCUT2D eigenvalue weighted by molar-refractivity contribution is -0.151. The van der Waals surface area contributed by atoms with E-state index in [0.717, 1.165) is 10.5 Å². The van der Waals surface area contributed by atoms with Gasteiger partial charge in [-0.1, -0.05) is 42.0 Å². The van der Waals surface area contributed by atoms with Gasteiger partial charge in [-0.3, -0.25) is 34.2 Å². The lowest BCUT2D eigenvalue weighted by Crippen LogP contribution is -2.54. The summed E-state index contributed by atoms with van der Waals surface area (Å²) in [6.45, 7) is 0.167. The maximum absolute atomic E-state index is 13.1. The molecule has 0 spiro atoms. The van der Waals surface area contributed by atoms with Gasteiger partial charge in [0.05, 0.1) is 12.3 Å². The normalized spacial score (nSPS) is 25.3. The molecule has 3 unspecified atom stereocenters. The number of carbonyl (C=O) groups is 5. The zero-order valence-electron chi connectivity index (χ0n) is 16.5. The number of fused-ring (bicyclic) bond motifs is 1. The van der Waals surface area contributed by atoms with Crippen LogP contribution in [-0.2, 0) is 30.4 Å². The standard InChI is InChI=1S/C22H20ClN3O5/c23-14-5-1-3-12(9-14)10-18(28)24-11-13-4-2-6-15-19(13)22(31)26(21(15)30)16-7-8-17(27)25-20(16)29/h1-6,9,13,16,19H,7-8,10-11H2,(H,24,28)(H,25,27,29). The zero-order valence-corrected chi connectivity index (χ0v) is 17.2. The highest BCUT2D eigenvalue weighted by molar-refractivity contribution is 6.30. The van der Waals surface area contributed by atoms with E-state index < -0.39 is 41.5 Å². The molecule has 4 rings (SSSR count). The molecule has 2 heterocycles. The largest absolute Gasteiger partial charge is 0.355 e. The molecule has 1 aromatic rings. The fraction of sp³-hybridized carbons (Fsp3) is 0.318. The molecule has 2 N–H and O–H groups in total. The molecule has 2 fully saturated rings. The van der Waals surface area contributed by atoms with Crippen molar-refractivity contribution < 1.29 is 24.0 Å². The minimum atomic E-state index is -0.998. The number of carbonyl (C=O) groups excluding carboxylic acids is 5. The molecule has 1 aromatic carbocycles. The van der Waals surface area contributed by atoms with Crippen molar-refractivity contribution in [2.75, 3.05) is 6.54 Å². The van der Waals surface area contributed by atoms with Crippen molar-refractivity contribution in [1.29, 1.82) is 0 Å². The molecule has 31 heavy (non-hydrogen) atoms. The lowest BCUT2D eigenvalue weighted by atomic mass is 9.83. The molecule has 8 nitrogen and oxygen atoms in total. The minimum absolute atomic E-state index is 0.0679. The maximum atomic E-state index is 13.1. The number of halogens is 1.